The molecule has 0 aliphatic carbocycles. The molecule has 5 nitrogen and oxygen atoms in total. The van der Waals surface area contributed by atoms with Crippen molar-refractivity contribution in [3.8, 4) is 6.07 Å². The predicted molar refractivity (Wildman–Crippen MR) is 67.3 cm³/mol. The highest BCUT2D eigenvalue weighted by molar-refractivity contribution is 8.00. The Hall–Kier alpha value is -2.07. The van der Waals surface area contributed by atoms with Crippen LogP contribution in [-0.4, -0.2) is 29.3 Å². The first-order valence-corrected chi connectivity index (χ1v) is 6.32. The van der Waals surface area contributed by atoms with Crippen molar-refractivity contribution in [2.24, 2.45) is 0 Å². The minimum atomic E-state index is -1.35. The average Bonchev–Trinajstić information content (AvgIpc) is 2.37. The second kappa shape index (κ2) is 7.38. The second-order valence-electron chi connectivity index (χ2n) is 3.49. The predicted octanol–water partition coefficient (Wildman–Crippen LogP) is 1.65. The summed E-state index contributed by atoms with van der Waals surface area (Å²) in [5.41, 5.74) is -0.421. The fourth-order valence-electron chi connectivity index (χ4n) is 1.22. The molecule has 0 atom stereocenters. The summed E-state index contributed by atoms with van der Waals surface area (Å²) in [6, 6.07) is 5.55. The van der Waals surface area contributed by atoms with Gasteiger partial charge >= 0.3 is 5.97 Å². The molecule has 7 heteroatoms. The van der Waals surface area contributed by atoms with Gasteiger partial charge in [-0.1, -0.05) is 0 Å². The monoisotopic (exact) mass is 282 g/mol. The number of nitriles is 1. The maximum Gasteiger partial charge on any atom is 0.338 e. The quantitative estimate of drug-likeness (QED) is 0.611. The van der Waals surface area contributed by atoms with Gasteiger partial charge in [-0.25, -0.2) is 9.18 Å². The summed E-state index contributed by atoms with van der Waals surface area (Å²) >= 11 is 1.10. The molecule has 0 aliphatic rings. The zero-order valence-electron chi connectivity index (χ0n) is 9.85. The summed E-state index contributed by atoms with van der Waals surface area (Å²) in [4.78, 5) is 22.6. The van der Waals surface area contributed by atoms with E-state index in [1.807, 2.05) is 6.07 Å². The van der Waals surface area contributed by atoms with Gasteiger partial charge in [0.15, 0.2) is 0 Å². The third-order valence-electron chi connectivity index (χ3n) is 2.10. The van der Waals surface area contributed by atoms with E-state index in [0.29, 0.717) is 4.90 Å². The van der Waals surface area contributed by atoms with Crippen molar-refractivity contribution in [2.75, 3.05) is 12.3 Å². The van der Waals surface area contributed by atoms with E-state index in [2.05, 4.69) is 5.32 Å². The summed E-state index contributed by atoms with van der Waals surface area (Å²) in [6.07, 6.45) is 0.232. The zero-order valence-corrected chi connectivity index (χ0v) is 10.7. The standard InChI is InChI=1S/C12H11FN2O3S/c13-10-3-2-8(6-9(10)12(17)18)19-7-11(16)15-5-1-4-14/h2-3,6H,1,5,7H2,(H,15,16)(H,17,18). The van der Waals surface area contributed by atoms with Crippen molar-refractivity contribution in [2.45, 2.75) is 11.3 Å². The molecule has 100 valence electrons. The number of carbonyl (C=O) groups is 2. The van der Waals surface area contributed by atoms with Gasteiger partial charge in [-0.3, -0.25) is 4.79 Å². The minimum Gasteiger partial charge on any atom is -0.478 e. The molecular formula is C12H11FN2O3S. The van der Waals surface area contributed by atoms with Crippen molar-refractivity contribution < 1.29 is 19.1 Å². The number of carbonyl (C=O) groups excluding carboxylic acids is 1. The molecule has 1 amide bonds. The second-order valence-corrected chi connectivity index (χ2v) is 4.54. The maximum absolute atomic E-state index is 13.1. The Morgan fingerprint density at radius 1 is 1.47 bits per heavy atom. The highest BCUT2D eigenvalue weighted by Gasteiger charge is 2.11. The van der Waals surface area contributed by atoms with E-state index >= 15 is 0 Å². The van der Waals surface area contributed by atoms with Gasteiger partial charge in [0.2, 0.25) is 5.91 Å². The molecule has 0 spiro atoms. The van der Waals surface area contributed by atoms with Gasteiger partial charge in [0, 0.05) is 11.4 Å². The molecule has 0 saturated carbocycles. The van der Waals surface area contributed by atoms with E-state index in [0.717, 1.165) is 17.8 Å². The van der Waals surface area contributed by atoms with Gasteiger partial charge in [0.05, 0.1) is 23.8 Å². The van der Waals surface area contributed by atoms with Crippen LogP contribution in [-0.2, 0) is 4.79 Å². The molecule has 1 aromatic carbocycles. The normalized spacial score (nSPS) is 9.68. The van der Waals surface area contributed by atoms with Crippen LogP contribution in [0.15, 0.2) is 23.1 Å². The summed E-state index contributed by atoms with van der Waals surface area (Å²) < 4.78 is 13.1. The summed E-state index contributed by atoms with van der Waals surface area (Å²) in [7, 11) is 0. The first kappa shape index (κ1) is 15.0. The zero-order chi connectivity index (χ0) is 14.3. The first-order chi connectivity index (χ1) is 9.04. The molecule has 0 heterocycles. The fourth-order valence-corrected chi connectivity index (χ4v) is 1.98. The number of hydrogen-bond acceptors (Lipinski definition) is 4. The Balaban J connectivity index is 2.54. The van der Waals surface area contributed by atoms with Gasteiger partial charge < -0.3 is 10.4 Å². The third kappa shape index (κ3) is 4.97. The van der Waals surface area contributed by atoms with Crippen molar-refractivity contribution in [3.63, 3.8) is 0 Å². The van der Waals surface area contributed by atoms with E-state index in [-0.39, 0.29) is 24.6 Å². The number of carboxylic acids is 1. The maximum atomic E-state index is 13.1. The van der Waals surface area contributed by atoms with E-state index in [1.54, 1.807) is 0 Å². The number of benzene rings is 1. The van der Waals surface area contributed by atoms with Crippen LogP contribution in [0.2, 0.25) is 0 Å². The lowest BCUT2D eigenvalue weighted by molar-refractivity contribution is -0.118. The Morgan fingerprint density at radius 3 is 2.84 bits per heavy atom. The van der Waals surface area contributed by atoms with Crippen molar-refractivity contribution >= 4 is 23.6 Å². The Morgan fingerprint density at radius 2 is 2.21 bits per heavy atom. The fraction of sp³-hybridized carbons (Fsp3) is 0.250. The molecule has 1 rings (SSSR count). The molecule has 2 N–H and O–H groups in total. The van der Waals surface area contributed by atoms with E-state index in [9.17, 15) is 14.0 Å². The van der Waals surface area contributed by atoms with Gasteiger partial charge in [0.1, 0.15) is 5.82 Å². The molecule has 0 radical (unpaired) electrons. The topological polar surface area (TPSA) is 90.2 Å². The van der Waals surface area contributed by atoms with Gasteiger partial charge in [-0.05, 0) is 18.2 Å². The van der Waals surface area contributed by atoms with Crippen LogP contribution in [0.5, 0.6) is 0 Å². The molecule has 19 heavy (non-hydrogen) atoms. The SMILES string of the molecule is N#CCCNC(=O)CSc1ccc(F)c(C(=O)O)c1. The molecule has 1 aromatic rings. The first-order valence-electron chi connectivity index (χ1n) is 5.34. The van der Waals surface area contributed by atoms with Crippen LogP contribution in [0.1, 0.15) is 16.8 Å². The number of nitrogens with zero attached hydrogens (tertiary/aromatic N) is 1. The Labute approximate surface area is 113 Å². The van der Waals surface area contributed by atoms with Crippen LogP contribution in [0.3, 0.4) is 0 Å². The molecule has 0 bridgehead atoms. The molecule has 0 aliphatic heterocycles. The van der Waals surface area contributed by atoms with Gasteiger partial charge in [0.25, 0.3) is 0 Å². The molecule has 0 unspecified atom stereocenters. The lowest BCUT2D eigenvalue weighted by Gasteiger charge is -2.04. The largest absolute Gasteiger partial charge is 0.478 e. The Kier molecular flexibility index (Phi) is 5.82. The number of rotatable bonds is 6. The highest BCUT2D eigenvalue weighted by Crippen LogP contribution is 2.21. The summed E-state index contributed by atoms with van der Waals surface area (Å²) in [5.74, 6) is -2.34. The minimum absolute atomic E-state index is 0.0795. The average molecular weight is 282 g/mol. The van der Waals surface area contributed by atoms with Crippen LogP contribution >= 0.6 is 11.8 Å². The number of hydrogen-bond donors (Lipinski definition) is 2. The molecule has 0 fully saturated rings. The molecule has 0 saturated heterocycles. The van der Waals surface area contributed by atoms with Crippen LogP contribution in [0.25, 0.3) is 0 Å². The number of amides is 1. The lowest BCUT2D eigenvalue weighted by atomic mass is 10.2. The highest BCUT2D eigenvalue weighted by atomic mass is 32.2. The lowest BCUT2D eigenvalue weighted by Crippen LogP contribution is -2.25. The summed E-state index contributed by atoms with van der Waals surface area (Å²) in [6.45, 7) is 0.277. The van der Waals surface area contributed by atoms with E-state index in [4.69, 9.17) is 10.4 Å². The smallest absolute Gasteiger partial charge is 0.338 e. The van der Waals surface area contributed by atoms with Crippen molar-refractivity contribution in [3.05, 3.63) is 29.6 Å². The van der Waals surface area contributed by atoms with Gasteiger partial charge in [-0.15, -0.1) is 11.8 Å². The van der Waals surface area contributed by atoms with E-state index < -0.39 is 17.3 Å². The number of carboxylic acid groups (broad SMARTS) is 1. The van der Waals surface area contributed by atoms with E-state index in [1.165, 1.54) is 12.1 Å². The number of halogens is 1. The van der Waals surface area contributed by atoms with Crippen molar-refractivity contribution in [1.29, 1.82) is 5.26 Å². The number of aromatic carboxylic acids is 1. The van der Waals surface area contributed by atoms with Crippen LogP contribution < -0.4 is 5.32 Å². The molecular weight excluding hydrogens is 271 g/mol. The third-order valence-corrected chi connectivity index (χ3v) is 3.09. The molecule has 0 aromatic heterocycles. The Bertz CT molecular complexity index is 528. The number of nitrogens with one attached hydrogen (secondary N) is 1. The van der Waals surface area contributed by atoms with Crippen molar-refractivity contribution in [1.82, 2.24) is 5.32 Å². The van der Waals surface area contributed by atoms with Crippen LogP contribution in [0.4, 0.5) is 4.39 Å². The number of thioether (sulfide) groups is 1. The summed E-state index contributed by atoms with van der Waals surface area (Å²) in [5, 5.41) is 19.6. The van der Waals surface area contributed by atoms with Gasteiger partial charge in [-0.2, -0.15) is 5.26 Å². The van der Waals surface area contributed by atoms with Crippen LogP contribution in [0, 0.1) is 17.1 Å².